The number of carbonyl (C=O) groups excluding carboxylic acids is 2. The van der Waals surface area contributed by atoms with Crippen LogP contribution in [0.15, 0.2) is 89.9 Å². The molecule has 0 radical (unpaired) electrons. The van der Waals surface area contributed by atoms with Crippen molar-refractivity contribution in [1.82, 2.24) is 5.32 Å². The second kappa shape index (κ2) is 8.93. The summed E-state index contributed by atoms with van der Waals surface area (Å²) in [6.45, 7) is 1.94. The van der Waals surface area contributed by atoms with Gasteiger partial charge in [0.05, 0.1) is 24.0 Å². The summed E-state index contributed by atoms with van der Waals surface area (Å²) in [5.41, 5.74) is 9.81. The van der Waals surface area contributed by atoms with Crippen LogP contribution >= 0.6 is 0 Å². The number of benzene rings is 3. The number of nitrogens with zero attached hydrogens (tertiary/aromatic N) is 2. The van der Waals surface area contributed by atoms with Gasteiger partial charge in [-0.1, -0.05) is 78.9 Å². The molecule has 0 saturated heterocycles. The zero-order valence-electron chi connectivity index (χ0n) is 17.2. The number of para-hydroxylation sites is 1. The molecular formula is C25H24N4O2. The van der Waals surface area contributed by atoms with Crippen LogP contribution in [-0.4, -0.2) is 29.7 Å². The highest BCUT2D eigenvalue weighted by molar-refractivity contribution is 6.20. The molecule has 4 rings (SSSR count). The van der Waals surface area contributed by atoms with Crippen LogP contribution in [0.5, 0.6) is 0 Å². The van der Waals surface area contributed by atoms with E-state index < -0.39 is 18.1 Å². The van der Waals surface area contributed by atoms with Gasteiger partial charge in [-0.2, -0.15) is 0 Å². The molecule has 0 saturated carbocycles. The predicted octanol–water partition coefficient (Wildman–Crippen LogP) is 2.86. The third-order valence-electron chi connectivity index (χ3n) is 5.13. The average Bonchev–Trinajstić information content (AvgIpc) is 2.91. The van der Waals surface area contributed by atoms with E-state index >= 15 is 0 Å². The van der Waals surface area contributed by atoms with Gasteiger partial charge >= 0.3 is 0 Å². The third-order valence-corrected chi connectivity index (χ3v) is 5.13. The van der Waals surface area contributed by atoms with E-state index in [1.807, 2.05) is 84.9 Å². The molecule has 0 spiro atoms. The molecule has 0 aromatic heterocycles. The van der Waals surface area contributed by atoms with Gasteiger partial charge in [0, 0.05) is 11.1 Å². The van der Waals surface area contributed by atoms with Crippen LogP contribution in [0.1, 0.15) is 23.6 Å². The maximum absolute atomic E-state index is 13.6. The highest BCUT2D eigenvalue weighted by atomic mass is 16.2. The van der Waals surface area contributed by atoms with Crippen molar-refractivity contribution in [3.05, 3.63) is 102 Å². The first kappa shape index (κ1) is 20.5. The van der Waals surface area contributed by atoms with Crippen molar-refractivity contribution in [2.24, 2.45) is 10.7 Å². The standard InChI is InChI=1S/C25H24N4O2/c1-17(26)24(30)28-23-25(31)29(16-18-10-4-2-5-11-18)21-15-9-8-14-20(21)22(27-23)19-12-6-3-7-13-19/h2-15,17,23H,16,26H2,1H3,(H,28,30)/t17-,23?/m0/s1. The van der Waals surface area contributed by atoms with E-state index in [0.717, 1.165) is 22.4 Å². The molecule has 3 aromatic carbocycles. The zero-order chi connectivity index (χ0) is 21.8. The maximum atomic E-state index is 13.6. The number of anilines is 1. The molecule has 1 aliphatic rings. The Morgan fingerprint density at radius 1 is 1.00 bits per heavy atom. The Morgan fingerprint density at radius 2 is 1.61 bits per heavy atom. The molecule has 2 amide bonds. The summed E-state index contributed by atoms with van der Waals surface area (Å²) < 4.78 is 0. The molecule has 6 heteroatoms. The Kier molecular flexibility index (Phi) is 5.91. The Morgan fingerprint density at radius 3 is 2.29 bits per heavy atom. The van der Waals surface area contributed by atoms with Gasteiger partial charge in [-0.25, -0.2) is 4.99 Å². The zero-order valence-corrected chi connectivity index (χ0v) is 17.2. The van der Waals surface area contributed by atoms with Crippen molar-refractivity contribution in [2.45, 2.75) is 25.7 Å². The Hall–Kier alpha value is -3.77. The van der Waals surface area contributed by atoms with Crippen LogP contribution in [-0.2, 0) is 16.1 Å². The van der Waals surface area contributed by atoms with Gasteiger partial charge in [0.15, 0.2) is 0 Å². The second-order valence-corrected chi connectivity index (χ2v) is 7.47. The minimum Gasteiger partial charge on any atom is -0.325 e. The van der Waals surface area contributed by atoms with E-state index in [4.69, 9.17) is 10.7 Å². The van der Waals surface area contributed by atoms with Crippen LogP contribution in [0, 0.1) is 0 Å². The molecule has 1 aliphatic heterocycles. The number of fused-ring (bicyclic) bond motifs is 1. The second-order valence-electron chi connectivity index (χ2n) is 7.47. The lowest BCUT2D eigenvalue weighted by molar-refractivity contribution is -0.128. The highest BCUT2D eigenvalue weighted by Crippen LogP contribution is 2.29. The number of benzodiazepines with no additional fused rings is 1. The normalized spacial score (nSPS) is 16.7. The number of aliphatic imine (C=N–C) groups is 1. The average molecular weight is 412 g/mol. The van der Waals surface area contributed by atoms with Gasteiger partial charge in [0.1, 0.15) is 0 Å². The quantitative estimate of drug-likeness (QED) is 0.675. The molecule has 2 atom stereocenters. The monoisotopic (exact) mass is 412 g/mol. The summed E-state index contributed by atoms with van der Waals surface area (Å²) in [6, 6.07) is 26.3. The van der Waals surface area contributed by atoms with Crippen molar-refractivity contribution in [2.75, 3.05) is 4.90 Å². The van der Waals surface area contributed by atoms with Crippen LogP contribution in [0.4, 0.5) is 5.69 Å². The predicted molar refractivity (Wildman–Crippen MR) is 122 cm³/mol. The Balaban J connectivity index is 1.85. The lowest BCUT2D eigenvalue weighted by atomic mass is 10.00. The Bertz CT molecular complexity index is 1110. The fourth-order valence-corrected chi connectivity index (χ4v) is 3.54. The van der Waals surface area contributed by atoms with Crippen LogP contribution in [0.25, 0.3) is 0 Å². The van der Waals surface area contributed by atoms with Crippen molar-refractivity contribution in [1.29, 1.82) is 0 Å². The van der Waals surface area contributed by atoms with E-state index in [-0.39, 0.29) is 5.91 Å². The van der Waals surface area contributed by atoms with Crippen LogP contribution in [0.2, 0.25) is 0 Å². The largest absolute Gasteiger partial charge is 0.325 e. The smallest absolute Gasteiger partial charge is 0.272 e. The van der Waals surface area contributed by atoms with Gasteiger partial charge in [-0.05, 0) is 18.6 Å². The van der Waals surface area contributed by atoms with E-state index in [1.54, 1.807) is 11.8 Å². The molecule has 3 N–H and O–H groups in total. The Labute approximate surface area is 181 Å². The van der Waals surface area contributed by atoms with E-state index in [0.29, 0.717) is 12.3 Å². The molecular weight excluding hydrogens is 388 g/mol. The number of carbonyl (C=O) groups is 2. The molecule has 6 nitrogen and oxygen atoms in total. The summed E-state index contributed by atoms with van der Waals surface area (Å²) in [5, 5.41) is 2.72. The lowest BCUT2D eigenvalue weighted by Gasteiger charge is -2.26. The van der Waals surface area contributed by atoms with Gasteiger partial charge in [-0.3, -0.25) is 9.59 Å². The fraction of sp³-hybridized carbons (Fsp3) is 0.160. The lowest BCUT2D eigenvalue weighted by Crippen LogP contribution is -2.50. The number of nitrogens with two attached hydrogens (primary N) is 1. The molecule has 31 heavy (non-hydrogen) atoms. The number of nitrogens with one attached hydrogen (secondary N) is 1. The minimum absolute atomic E-state index is 0.309. The third kappa shape index (κ3) is 4.39. The highest BCUT2D eigenvalue weighted by Gasteiger charge is 2.33. The first-order chi connectivity index (χ1) is 15.0. The number of hydrogen-bond donors (Lipinski definition) is 2. The van der Waals surface area contributed by atoms with Crippen LogP contribution < -0.4 is 16.0 Å². The first-order valence-electron chi connectivity index (χ1n) is 10.2. The summed E-state index contributed by atoms with van der Waals surface area (Å²) in [4.78, 5) is 32.4. The van der Waals surface area contributed by atoms with E-state index in [2.05, 4.69) is 5.32 Å². The summed E-state index contributed by atoms with van der Waals surface area (Å²) in [7, 11) is 0. The first-order valence-corrected chi connectivity index (χ1v) is 10.2. The number of rotatable bonds is 5. The van der Waals surface area contributed by atoms with E-state index in [1.165, 1.54) is 0 Å². The number of amides is 2. The molecule has 0 fully saturated rings. The molecule has 0 aliphatic carbocycles. The van der Waals surface area contributed by atoms with Crippen LogP contribution in [0.3, 0.4) is 0 Å². The molecule has 156 valence electrons. The molecule has 1 heterocycles. The molecule has 3 aromatic rings. The topological polar surface area (TPSA) is 87.8 Å². The van der Waals surface area contributed by atoms with Gasteiger partial charge in [0.2, 0.25) is 12.1 Å². The van der Waals surface area contributed by atoms with E-state index in [9.17, 15) is 9.59 Å². The fourth-order valence-electron chi connectivity index (χ4n) is 3.54. The number of hydrogen-bond acceptors (Lipinski definition) is 4. The van der Waals surface area contributed by atoms with Crippen molar-refractivity contribution in [3.8, 4) is 0 Å². The van der Waals surface area contributed by atoms with Crippen molar-refractivity contribution >= 4 is 23.2 Å². The van der Waals surface area contributed by atoms with Gasteiger partial charge in [-0.15, -0.1) is 0 Å². The minimum atomic E-state index is -1.08. The molecule has 0 bridgehead atoms. The summed E-state index contributed by atoms with van der Waals surface area (Å²) in [6.07, 6.45) is -1.08. The maximum Gasteiger partial charge on any atom is 0.272 e. The summed E-state index contributed by atoms with van der Waals surface area (Å²) in [5.74, 6) is -0.739. The van der Waals surface area contributed by atoms with Crippen molar-refractivity contribution < 1.29 is 9.59 Å². The molecule has 1 unspecified atom stereocenters. The van der Waals surface area contributed by atoms with Gasteiger partial charge < -0.3 is 16.0 Å². The summed E-state index contributed by atoms with van der Waals surface area (Å²) >= 11 is 0. The van der Waals surface area contributed by atoms with Gasteiger partial charge in [0.25, 0.3) is 5.91 Å². The SMILES string of the molecule is C[C@H](N)C(=O)NC1N=C(c2ccccc2)c2ccccc2N(Cc2ccccc2)C1=O. The van der Waals surface area contributed by atoms with Crippen molar-refractivity contribution in [3.63, 3.8) is 0 Å².